The minimum Gasteiger partial charge on any atom is -0.484 e. The van der Waals surface area contributed by atoms with Crippen molar-refractivity contribution in [2.24, 2.45) is 0 Å². The molecule has 1 fully saturated rings. The lowest BCUT2D eigenvalue weighted by Crippen LogP contribution is -2.44. The predicted molar refractivity (Wildman–Crippen MR) is 76.6 cm³/mol. The Kier molecular flexibility index (Phi) is 5.53. The molecular weight excluding hydrogens is 335 g/mol. The molecule has 0 amide bonds. The molecule has 9 heteroatoms. The number of hydrogen-bond acceptors (Lipinski definition) is 4. The van der Waals surface area contributed by atoms with Gasteiger partial charge in [0.2, 0.25) is 10.0 Å². The van der Waals surface area contributed by atoms with Crippen LogP contribution in [0.2, 0.25) is 0 Å². The van der Waals surface area contributed by atoms with Gasteiger partial charge in [-0.1, -0.05) is 12.8 Å². The minimum atomic E-state index is -4.45. The zero-order valence-electron chi connectivity index (χ0n) is 12.2. The molecule has 2 atom stereocenters. The van der Waals surface area contributed by atoms with Crippen molar-refractivity contribution in [3.05, 3.63) is 24.3 Å². The van der Waals surface area contributed by atoms with Gasteiger partial charge in [0.1, 0.15) is 5.75 Å². The van der Waals surface area contributed by atoms with E-state index in [1.165, 1.54) is 12.1 Å². The zero-order valence-corrected chi connectivity index (χ0v) is 13.0. The summed E-state index contributed by atoms with van der Waals surface area (Å²) < 4.78 is 67.6. The average Bonchev–Trinajstić information content (AvgIpc) is 2.47. The Morgan fingerprint density at radius 3 is 2.35 bits per heavy atom. The van der Waals surface area contributed by atoms with Crippen LogP contribution in [-0.2, 0) is 10.0 Å². The quantitative estimate of drug-likeness (QED) is 0.851. The first-order valence-electron chi connectivity index (χ1n) is 7.17. The average molecular weight is 353 g/mol. The minimum absolute atomic E-state index is 0.0704. The van der Waals surface area contributed by atoms with Crippen LogP contribution in [-0.4, -0.2) is 38.5 Å². The molecule has 0 heterocycles. The van der Waals surface area contributed by atoms with Crippen molar-refractivity contribution in [3.63, 3.8) is 0 Å². The molecule has 5 nitrogen and oxygen atoms in total. The van der Waals surface area contributed by atoms with Crippen LogP contribution in [0.1, 0.15) is 25.7 Å². The highest BCUT2D eigenvalue weighted by molar-refractivity contribution is 7.89. The highest BCUT2D eigenvalue weighted by Gasteiger charge is 2.29. The molecule has 2 N–H and O–H groups in total. The van der Waals surface area contributed by atoms with E-state index < -0.39 is 35.0 Å². The van der Waals surface area contributed by atoms with Crippen LogP contribution in [0.5, 0.6) is 5.75 Å². The predicted octanol–water partition coefficient (Wildman–Crippen LogP) is 2.21. The molecule has 1 aliphatic rings. The summed E-state index contributed by atoms with van der Waals surface area (Å²) in [7, 11) is -3.84. The standard InChI is InChI=1S/C14H18F3NO4S/c15-14(16,17)9-22-10-5-7-11(8-6-10)23(20,21)18-12-3-1-2-4-13(12)19/h5-8,12-13,18-19H,1-4,9H2/t12-,13-/m0/s1. The normalized spacial score (nSPS) is 22.8. The van der Waals surface area contributed by atoms with Crippen LogP contribution in [0.25, 0.3) is 0 Å². The van der Waals surface area contributed by atoms with Crippen LogP contribution < -0.4 is 9.46 Å². The van der Waals surface area contributed by atoms with Crippen LogP contribution in [0.4, 0.5) is 13.2 Å². The van der Waals surface area contributed by atoms with E-state index in [1.54, 1.807) is 0 Å². The largest absolute Gasteiger partial charge is 0.484 e. The van der Waals surface area contributed by atoms with Gasteiger partial charge >= 0.3 is 6.18 Å². The van der Waals surface area contributed by atoms with Crippen molar-refractivity contribution in [2.45, 2.75) is 48.9 Å². The molecule has 1 saturated carbocycles. The Bertz CT molecular complexity index is 616. The Morgan fingerprint density at radius 1 is 1.17 bits per heavy atom. The van der Waals surface area contributed by atoms with E-state index in [1.807, 2.05) is 0 Å². The van der Waals surface area contributed by atoms with Crippen LogP contribution >= 0.6 is 0 Å². The first-order chi connectivity index (χ1) is 10.7. The number of hydrogen-bond donors (Lipinski definition) is 2. The van der Waals surface area contributed by atoms with Crippen molar-refractivity contribution in [1.29, 1.82) is 0 Å². The Balaban J connectivity index is 2.02. The molecule has 1 aromatic carbocycles. The summed E-state index contributed by atoms with van der Waals surface area (Å²) in [6.07, 6.45) is -2.42. The third-order valence-corrected chi connectivity index (χ3v) is 5.08. The molecule has 2 rings (SSSR count). The van der Waals surface area contributed by atoms with Crippen molar-refractivity contribution in [2.75, 3.05) is 6.61 Å². The first-order valence-corrected chi connectivity index (χ1v) is 8.66. The summed E-state index contributed by atoms with van der Waals surface area (Å²) >= 11 is 0. The number of sulfonamides is 1. The fraction of sp³-hybridized carbons (Fsp3) is 0.571. The Morgan fingerprint density at radius 2 is 1.78 bits per heavy atom. The monoisotopic (exact) mass is 353 g/mol. The molecule has 0 aromatic heterocycles. The number of halogens is 3. The van der Waals surface area contributed by atoms with Crippen molar-refractivity contribution in [3.8, 4) is 5.75 Å². The highest BCUT2D eigenvalue weighted by atomic mass is 32.2. The molecule has 0 spiro atoms. The first kappa shape index (κ1) is 18.0. The molecule has 1 aromatic rings. The van der Waals surface area contributed by atoms with E-state index in [2.05, 4.69) is 9.46 Å². The summed E-state index contributed by atoms with van der Waals surface area (Å²) in [4.78, 5) is -0.0883. The fourth-order valence-corrected chi connectivity index (χ4v) is 3.70. The maximum absolute atomic E-state index is 12.2. The Labute approximate surface area is 132 Å². The van der Waals surface area contributed by atoms with Crippen molar-refractivity contribution < 1.29 is 31.4 Å². The number of nitrogens with one attached hydrogen (secondary N) is 1. The number of rotatable bonds is 5. The van der Waals surface area contributed by atoms with E-state index in [0.717, 1.165) is 25.0 Å². The van der Waals surface area contributed by atoms with Gasteiger partial charge in [0.15, 0.2) is 6.61 Å². The van der Waals surface area contributed by atoms with Gasteiger partial charge in [0.25, 0.3) is 0 Å². The van der Waals surface area contributed by atoms with Gasteiger partial charge < -0.3 is 9.84 Å². The molecule has 23 heavy (non-hydrogen) atoms. The maximum atomic E-state index is 12.2. The maximum Gasteiger partial charge on any atom is 0.422 e. The number of aliphatic hydroxyl groups is 1. The smallest absolute Gasteiger partial charge is 0.422 e. The van der Waals surface area contributed by atoms with Gasteiger partial charge in [-0.2, -0.15) is 13.2 Å². The molecular formula is C14H18F3NO4S. The number of alkyl halides is 3. The molecule has 0 radical (unpaired) electrons. The number of ether oxygens (including phenoxy) is 1. The lowest BCUT2D eigenvalue weighted by atomic mass is 9.93. The van der Waals surface area contributed by atoms with Crippen molar-refractivity contribution in [1.82, 2.24) is 4.72 Å². The highest BCUT2D eigenvalue weighted by Crippen LogP contribution is 2.23. The Hall–Kier alpha value is -1.32. The lowest BCUT2D eigenvalue weighted by molar-refractivity contribution is -0.153. The SMILES string of the molecule is O=S(=O)(N[C@H]1CCCC[C@@H]1O)c1ccc(OCC(F)(F)F)cc1. The van der Waals surface area contributed by atoms with Crippen LogP contribution in [0.3, 0.4) is 0 Å². The summed E-state index contributed by atoms with van der Waals surface area (Å²) in [6, 6.07) is 4.12. The molecule has 0 aliphatic heterocycles. The fourth-order valence-electron chi connectivity index (χ4n) is 2.40. The van der Waals surface area contributed by atoms with Gasteiger partial charge in [0.05, 0.1) is 11.0 Å². The third kappa shape index (κ3) is 5.36. The van der Waals surface area contributed by atoms with E-state index in [4.69, 9.17) is 0 Å². The second-order valence-corrected chi connectivity index (χ2v) is 7.17. The summed E-state index contributed by atoms with van der Waals surface area (Å²) in [5.41, 5.74) is 0. The lowest BCUT2D eigenvalue weighted by Gasteiger charge is -2.28. The topological polar surface area (TPSA) is 75.6 Å². The van der Waals surface area contributed by atoms with E-state index in [0.29, 0.717) is 12.8 Å². The van der Waals surface area contributed by atoms with Gasteiger partial charge in [-0.25, -0.2) is 13.1 Å². The van der Waals surface area contributed by atoms with Gasteiger partial charge in [-0.15, -0.1) is 0 Å². The number of benzene rings is 1. The molecule has 0 bridgehead atoms. The second kappa shape index (κ2) is 7.06. The molecule has 0 saturated heterocycles. The summed E-state index contributed by atoms with van der Waals surface area (Å²) in [5, 5.41) is 9.82. The second-order valence-electron chi connectivity index (χ2n) is 5.45. The third-order valence-electron chi connectivity index (χ3n) is 3.57. The van der Waals surface area contributed by atoms with E-state index in [9.17, 15) is 26.7 Å². The van der Waals surface area contributed by atoms with E-state index >= 15 is 0 Å². The van der Waals surface area contributed by atoms with Gasteiger partial charge in [-0.3, -0.25) is 0 Å². The van der Waals surface area contributed by atoms with Crippen LogP contribution in [0, 0.1) is 0 Å². The summed E-state index contributed by atoms with van der Waals surface area (Å²) in [5.74, 6) is -0.0704. The van der Waals surface area contributed by atoms with Crippen molar-refractivity contribution >= 4 is 10.0 Å². The summed E-state index contributed by atoms with van der Waals surface area (Å²) in [6.45, 7) is -1.44. The van der Waals surface area contributed by atoms with Gasteiger partial charge in [0, 0.05) is 6.04 Å². The zero-order chi connectivity index (χ0) is 17.1. The van der Waals surface area contributed by atoms with Gasteiger partial charge in [-0.05, 0) is 37.1 Å². The molecule has 1 aliphatic carbocycles. The van der Waals surface area contributed by atoms with Crippen LogP contribution in [0.15, 0.2) is 29.2 Å². The molecule has 0 unspecified atom stereocenters. The van der Waals surface area contributed by atoms with E-state index in [-0.39, 0.29) is 10.6 Å². The molecule has 130 valence electrons. The number of aliphatic hydroxyl groups excluding tert-OH is 1.